The Labute approximate surface area is 132 Å². The van der Waals surface area contributed by atoms with Crippen LogP contribution < -0.4 is 4.87 Å². The number of H-pyrrole nitrogens is 1. The van der Waals surface area contributed by atoms with Gasteiger partial charge in [-0.2, -0.15) is 0 Å². The highest BCUT2D eigenvalue weighted by Gasteiger charge is 2.07. The summed E-state index contributed by atoms with van der Waals surface area (Å²) in [4.78, 5) is 14.0. The summed E-state index contributed by atoms with van der Waals surface area (Å²) in [7, 11) is 0. The van der Waals surface area contributed by atoms with Gasteiger partial charge in [0, 0.05) is 6.42 Å². The molecule has 0 unspecified atom stereocenters. The molecule has 0 aliphatic carbocycles. The van der Waals surface area contributed by atoms with Crippen LogP contribution in [-0.4, -0.2) is 10.1 Å². The highest BCUT2D eigenvalue weighted by atomic mass is 32.1. The lowest BCUT2D eigenvalue weighted by Gasteiger charge is -2.04. The molecule has 1 aromatic heterocycles. The second kappa shape index (κ2) is 6.62. The van der Waals surface area contributed by atoms with Crippen LogP contribution in [0.25, 0.3) is 0 Å². The number of aryl methyl sites for hydroxylation is 2. The number of benzene rings is 2. The average molecular weight is 311 g/mol. The number of nitrogens with one attached hydrogen (secondary N) is 1. The zero-order valence-electron chi connectivity index (χ0n) is 12.1. The second-order valence-electron chi connectivity index (χ2n) is 5.27. The van der Waals surface area contributed by atoms with Crippen LogP contribution in [0.15, 0.2) is 59.4 Å². The zero-order valence-corrected chi connectivity index (χ0v) is 12.9. The molecule has 0 aliphatic heterocycles. The molecule has 2 aromatic carbocycles. The molecule has 0 saturated carbocycles. The van der Waals surface area contributed by atoms with Gasteiger partial charge >= 0.3 is 4.87 Å². The lowest BCUT2D eigenvalue weighted by molar-refractivity contribution is 0.451. The Hall–Kier alpha value is -2.33. The third kappa shape index (κ3) is 3.65. The van der Waals surface area contributed by atoms with Gasteiger partial charge in [0.2, 0.25) is 5.88 Å². The van der Waals surface area contributed by atoms with E-state index in [0.717, 1.165) is 29.7 Å². The van der Waals surface area contributed by atoms with Crippen molar-refractivity contribution in [3.8, 4) is 5.88 Å². The topological polar surface area (TPSA) is 53.1 Å². The molecule has 22 heavy (non-hydrogen) atoms. The summed E-state index contributed by atoms with van der Waals surface area (Å²) in [5.74, 6) is -0.0110. The van der Waals surface area contributed by atoms with E-state index in [1.807, 2.05) is 6.07 Å². The first kappa shape index (κ1) is 14.6. The molecule has 0 fully saturated rings. The van der Waals surface area contributed by atoms with E-state index >= 15 is 0 Å². The molecule has 0 spiro atoms. The SMILES string of the molecule is O=c1[nH]c(O)c(Cc2ccc(CCc3ccccc3)cc2)s1. The zero-order chi connectivity index (χ0) is 15.4. The number of aromatic nitrogens is 1. The molecule has 3 aromatic rings. The summed E-state index contributed by atoms with van der Waals surface area (Å²) >= 11 is 1.06. The summed E-state index contributed by atoms with van der Waals surface area (Å²) in [6, 6.07) is 18.8. The third-order valence-corrected chi connectivity index (χ3v) is 4.50. The third-order valence-electron chi connectivity index (χ3n) is 3.63. The van der Waals surface area contributed by atoms with Crippen molar-refractivity contribution in [3.05, 3.63) is 85.8 Å². The first-order valence-corrected chi connectivity index (χ1v) is 8.05. The van der Waals surface area contributed by atoms with Crippen molar-refractivity contribution in [1.29, 1.82) is 0 Å². The van der Waals surface area contributed by atoms with Crippen LogP contribution in [0.3, 0.4) is 0 Å². The standard InChI is InChI=1S/C18H17NO2S/c20-17-16(22-18(21)19-17)12-15-10-8-14(9-11-15)7-6-13-4-2-1-3-5-13/h1-5,8-11,20H,6-7,12H2,(H,19,21). The van der Waals surface area contributed by atoms with Crippen LogP contribution in [0.5, 0.6) is 5.88 Å². The maximum atomic E-state index is 11.2. The molecule has 1 heterocycles. The van der Waals surface area contributed by atoms with Gasteiger partial charge in [0.25, 0.3) is 0 Å². The van der Waals surface area contributed by atoms with Gasteiger partial charge in [-0.25, -0.2) is 0 Å². The molecular formula is C18H17NO2S. The predicted molar refractivity (Wildman–Crippen MR) is 89.7 cm³/mol. The summed E-state index contributed by atoms with van der Waals surface area (Å²) in [5.41, 5.74) is 3.72. The first-order chi connectivity index (χ1) is 10.7. The van der Waals surface area contributed by atoms with Crippen molar-refractivity contribution in [3.63, 3.8) is 0 Å². The van der Waals surface area contributed by atoms with Crippen LogP contribution in [-0.2, 0) is 19.3 Å². The Balaban J connectivity index is 1.63. The minimum atomic E-state index is -0.216. The van der Waals surface area contributed by atoms with E-state index in [-0.39, 0.29) is 10.8 Å². The van der Waals surface area contributed by atoms with Crippen molar-refractivity contribution >= 4 is 11.3 Å². The Morgan fingerprint density at radius 3 is 2.05 bits per heavy atom. The number of aromatic hydroxyl groups is 1. The highest BCUT2D eigenvalue weighted by Crippen LogP contribution is 2.20. The molecule has 112 valence electrons. The predicted octanol–water partition coefficient (Wildman–Crippen LogP) is 3.52. The molecule has 2 N–H and O–H groups in total. The van der Waals surface area contributed by atoms with Gasteiger partial charge in [0.05, 0.1) is 4.88 Å². The van der Waals surface area contributed by atoms with Crippen LogP contribution >= 0.6 is 11.3 Å². The van der Waals surface area contributed by atoms with E-state index in [1.54, 1.807) is 0 Å². The monoisotopic (exact) mass is 311 g/mol. The molecule has 0 amide bonds. The van der Waals surface area contributed by atoms with Gasteiger partial charge in [-0.3, -0.25) is 9.78 Å². The van der Waals surface area contributed by atoms with Crippen molar-refractivity contribution in [2.24, 2.45) is 0 Å². The molecule has 4 heteroatoms. The van der Waals surface area contributed by atoms with Crippen molar-refractivity contribution in [2.75, 3.05) is 0 Å². The van der Waals surface area contributed by atoms with E-state index in [1.165, 1.54) is 11.1 Å². The molecular weight excluding hydrogens is 294 g/mol. The Morgan fingerprint density at radius 1 is 0.864 bits per heavy atom. The molecule has 0 bridgehead atoms. The smallest absolute Gasteiger partial charge is 0.307 e. The van der Waals surface area contributed by atoms with E-state index in [4.69, 9.17) is 0 Å². The normalized spacial score (nSPS) is 10.7. The van der Waals surface area contributed by atoms with E-state index in [9.17, 15) is 9.90 Å². The summed E-state index contributed by atoms with van der Waals surface area (Å²) < 4.78 is 0. The number of thiazole rings is 1. The van der Waals surface area contributed by atoms with E-state index in [0.29, 0.717) is 11.3 Å². The van der Waals surface area contributed by atoms with E-state index < -0.39 is 0 Å². The fourth-order valence-electron chi connectivity index (χ4n) is 2.41. The Kier molecular flexibility index (Phi) is 4.39. The molecule has 0 saturated heterocycles. The van der Waals surface area contributed by atoms with Crippen LogP contribution in [0.4, 0.5) is 0 Å². The van der Waals surface area contributed by atoms with Gasteiger partial charge in [-0.1, -0.05) is 65.9 Å². The van der Waals surface area contributed by atoms with Crippen LogP contribution in [0, 0.1) is 0 Å². The van der Waals surface area contributed by atoms with Gasteiger partial charge in [0.1, 0.15) is 0 Å². The molecule has 3 nitrogen and oxygen atoms in total. The molecule has 3 rings (SSSR count). The Bertz CT molecular complexity index is 788. The number of hydrogen-bond donors (Lipinski definition) is 2. The minimum Gasteiger partial charge on any atom is -0.494 e. The minimum absolute atomic E-state index is 0.0110. The largest absolute Gasteiger partial charge is 0.494 e. The second-order valence-corrected chi connectivity index (χ2v) is 6.33. The fraction of sp³-hybridized carbons (Fsp3) is 0.167. The van der Waals surface area contributed by atoms with Gasteiger partial charge < -0.3 is 5.11 Å². The van der Waals surface area contributed by atoms with Crippen molar-refractivity contribution < 1.29 is 5.11 Å². The van der Waals surface area contributed by atoms with Gasteiger partial charge in [0.15, 0.2) is 0 Å². The fourth-order valence-corrected chi connectivity index (χ4v) is 3.17. The summed E-state index contributed by atoms with van der Waals surface area (Å²) in [5, 5.41) is 9.61. The van der Waals surface area contributed by atoms with Crippen LogP contribution in [0.1, 0.15) is 21.6 Å². The Morgan fingerprint density at radius 2 is 1.45 bits per heavy atom. The first-order valence-electron chi connectivity index (χ1n) is 7.23. The maximum Gasteiger partial charge on any atom is 0.307 e. The lowest BCUT2D eigenvalue weighted by Crippen LogP contribution is -1.92. The molecule has 0 radical (unpaired) electrons. The summed E-state index contributed by atoms with van der Waals surface area (Å²) in [6.07, 6.45) is 2.61. The van der Waals surface area contributed by atoms with Crippen molar-refractivity contribution in [2.45, 2.75) is 19.3 Å². The van der Waals surface area contributed by atoms with Crippen LogP contribution in [0.2, 0.25) is 0 Å². The number of hydrogen-bond acceptors (Lipinski definition) is 3. The lowest BCUT2D eigenvalue weighted by atomic mass is 10.0. The number of rotatable bonds is 5. The molecule has 0 atom stereocenters. The average Bonchev–Trinajstić information content (AvgIpc) is 2.85. The quantitative estimate of drug-likeness (QED) is 0.757. The van der Waals surface area contributed by atoms with Gasteiger partial charge in [-0.05, 0) is 29.5 Å². The highest BCUT2D eigenvalue weighted by molar-refractivity contribution is 7.09. The summed E-state index contributed by atoms with van der Waals surface area (Å²) in [6.45, 7) is 0. The molecule has 0 aliphatic rings. The van der Waals surface area contributed by atoms with E-state index in [2.05, 4.69) is 53.5 Å². The van der Waals surface area contributed by atoms with Gasteiger partial charge in [-0.15, -0.1) is 0 Å². The van der Waals surface area contributed by atoms with Crippen molar-refractivity contribution in [1.82, 2.24) is 4.98 Å². The maximum absolute atomic E-state index is 11.2. The number of aromatic amines is 1.